The van der Waals surface area contributed by atoms with Gasteiger partial charge in [0.15, 0.2) is 16.4 Å². The predicted octanol–water partition coefficient (Wildman–Crippen LogP) is 2.03. The smallest absolute Gasteiger partial charge is 0.263 e. The van der Waals surface area contributed by atoms with E-state index in [1.54, 1.807) is 12.3 Å². The van der Waals surface area contributed by atoms with Crippen molar-refractivity contribution < 1.29 is 17.9 Å². The molecule has 7 nitrogen and oxygen atoms in total. The molecular weight excluding hydrogens is 366 g/mol. The van der Waals surface area contributed by atoms with E-state index < -0.39 is 9.84 Å². The van der Waals surface area contributed by atoms with Crippen LogP contribution < -0.4 is 15.0 Å². The van der Waals surface area contributed by atoms with Crippen LogP contribution in [0.25, 0.3) is 0 Å². The van der Waals surface area contributed by atoms with Crippen LogP contribution in [-0.2, 0) is 14.6 Å². The molecule has 1 amide bonds. The fourth-order valence-corrected chi connectivity index (χ4v) is 4.70. The molecule has 1 aromatic carbocycles. The number of aryl methyl sites for hydroxylation is 1. The van der Waals surface area contributed by atoms with E-state index in [9.17, 15) is 13.2 Å². The van der Waals surface area contributed by atoms with Crippen LogP contribution in [-0.4, -0.2) is 50.5 Å². The van der Waals surface area contributed by atoms with E-state index in [0.717, 1.165) is 11.3 Å². The third-order valence-corrected chi connectivity index (χ3v) is 6.32. The molecule has 0 radical (unpaired) electrons. The summed E-state index contributed by atoms with van der Waals surface area (Å²) in [6.45, 7) is 1.88. The van der Waals surface area contributed by atoms with Crippen LogP contribution in [0.5, 0.6) is 5.75 Å². The second kappa shape index (κ2) is 7.96. The molecule has 8 heteroatoms. The van der Waals surface area contributed by atoms with Crippen molar-refractivity contribution in [1.82, 2.24) is 4.98 Å². The summed E-state index contributed by atoms with van der Waals surface area (Å²) in [5.74, 6) is 1.14. The number of sulfone groups is 1. The van der Waals surface area contributed by atoms with Gasteiger partial charge in [0.2, 0.25) is 0 Å². The first-order valence-corrected chi connectivity index (χ1v) is 10.5. The first-order valence-electron chi connectivity index (χ1n) is 8.71. The summed E-state index contributed by atoms with van der Waals surface area (Å²) in [6, 6.07) is 10.9. The van der Waals surface area contributed by atoms with Gasteiger partial charge in [-0.2, -0.15) is 0 Å². The molecule has 1 fully saturated rings. The Kier molecular flexibility index (Phi) is 5.65. The first kappa shape index (κ1) is 19.2. The summed E-state index contributed by atoms with van der Waals surface area (Å²) in [5.41, 5.74) is 1.93. The van der Waals surface area contributed by atoms with Gasteiger partial charge in [-0.1, -0.05) is 17.7 Å². The SMILES string of the molecule is Cc1ccc(OCC(=O)Nc2ccc(N(C)C3CCS(=O)(=O)C3)cn2)cc1. The lowest BCUT2D eigenvalue weighted by molar-refractivity contribution is -0.118. The van der Waals surface area contributed by atoms with E-state index in [4.69, 9.17) is 4.74 Å². The molecule has 0 saturated carbocycles. The molecule has 1 aliphatic heterocycles. The third kappa shape index (κ3) is 5.19. The number of hydrogen-bond acceptors (Lipinski definition) is 6. The van der Waals surface area contributed by atoms with Crippen LogP contribution in [0.2, 0.25) is 0 Å². The molecule has 0 aliphatic carbocycles. The number of hydrogen-bond donors (Lipinski definition) is 1. The minimum absolute atomic E-state index is 0.0415. The molecule has 1 aromatic heterocycles. The van der Waals surface area contributed by atoms with E-state index in [-0.39, 0.29) is 30.1 Å². The summed E-state index contributed by atoms with van der Waals surface area (Å²) in [5, 5.41) is 2.68. The maximum atomic E-state index is 12.0. The molecule has 0 spiro atoms. The van der Waals surface area contributed by atoms with Crippen LogP contribution in [0, 0.1) is 6.92 Å². The van der Waals surface area contributed by atoms with Crippen molar-refractivity contribution in [3.05, 3.63) is 48.2 Å². The molecular formula is C19H23N3O4S. The number of pyridine rings is 1. The Morgan fingerprint density at radius 1 is 1.26 bits per heavy atom. The van der Waals surface area contributed by atoms with Gasteiger partial charge in [0.25, 0.3) is 5.91 Å². The molecule has 27 heavy (non-hydrogen) atoms. The van der Waals surface area contributed by atoms with Gasteiger partial charge >= 0.3 is 0 Å². The number of carbonyl (C=O) groups is 1. The lowest BCUT2D eigenvalue weighted by Gasteiger charge is -2.25. The Labute approximate surface area is 159 Å². The van der Waals surface area contributed by atoms with Crippen molar-refractivity contribution in [2.45, 2.75) is 19.4 Å². The fraction of sp³-hybridized carbons (Fsp3) is 0.368. The fourth-order valence-electron chi connectivity index (χ4n) is 2.92. The number of nitrogens with zero attached hydrogens (tertiary/aromatic N) is 2. The molecule has 1 unspecified atom stereocenters. The first-order chi connectivity index (χ1) is 12.8. The average molecular weight is 389 g/mol. The summed E-state index contributed by atoms with van der Waals surface area (Å²) in [4.78, 5) is 18.2. The lowest BCUT2D eigenvalue weighted by atomic mass is 10.2. The molecule has 144 valence electrons. The van der Waals surface area contributed by atoms with E-state index in [0.29, 0.717) is 18.0 Å². The van der Waals surface area contributed by atoms with Crippen molar-refractivity contribution in [3.8, 4) is 5.75 Å². The van der Waals surface area contributed by atoms with Crippen LogP contribution in [0.1, 0.15) is 12.0 Å². The average Bonchev–Trinajstić information content (AvgIpc) is 3.01. The molecule has 1 aliphatic rings. The van der Waals surface area contributed by atoms with E-state index in [1.165, 1.54) is 0 Å². The van der Waals surface area contributed by atoms with Gasteiger partial charge in [0, 0.05) is 13.1 Å². The second-order valence-electron chi connectivity index (χ2n) is 6.72. The van der Waals surface area contributed by atoms with Crippen LogP contribution in [0.3, 0.4) is 0 Å². The Hall–Kier alpha value is -2.61. The van der Waals surface area contributed by atoms with Crippen molar-refractivity contribution >= 4 is 27.2 Å². The Morgan fingerprint density at radius 3 is 2.59 bits per heavy atom. The highest BCUT2D eigenvalue weighted by Gasteiger charge is 2.30. The van der Waals surface area contributed by atoms with Gasteiger partial charge in [0.05, 0.1) is 23.4 Å². The van der Waals surface area contributed by atoms with Crippen LogP contribution >= 0.6 is 0 Å². The topological polar surface area (TPSA) is 88.6 Å². The highest BCUT2D eigenvalue weighted by atomic mass is 32.2. The van der Waals surface area contributed by atoms with Gasteiger partial charge in [-0.3, -0.25) is 4.79 Å². The van der Waals surface area contributed by atoms with Gasteiger partial charge in [-0.25, -0.2) is 13.4 Å². The summed E-state index contributed by atoms with van der Waals surface area (Å²) >= 11 is 0. The third-order valence-electron chi connectivity index (χ3n) is 4.57. The van der Waals surface area contributed by atoms with Crippen LogP contribution in [0.4, 0.5) is 11.5 Å². The molecule has 2 heterocycles. The molecule has 3 rings (SSSR count). The summed E-state index contributed by atoms with van der Waals surface area (Å²) < 4.78 is 28.7. The second-order valence-corrected chi connectivity index (χ2v) is 8.95. The number of benzene rings is 1. The number of anilines is 2. The van der Waals surface area contributed by atoms with Gasteiger partial charge in [-0.15, -0.1) is 0 Å². The number of carbonyl (C=O) groups excluding carboxylic acids is 1. The number of aromatic nitrogens is 1. The van der Waals surface area contributed by atoms with Gasteiger partial charge in [-0.05, 0) is 37.6 Å². The highest BCUT2D eigenvalue weighted by molar-refractivity contribution is 7.91. The van der Waals surface area contributed by atoms with E-state index in [1.807, 2.05) is 49.2 Å². The zero-order valence-corrected chi connectivity index (χ0v) is 16.2. The van der Waals surface area contributed by atoms with E-state index in [2.05, 4.69) is 10.3 Å². The van der Waals surface area contributed by atoms with Gasteiger partial charge in [0.1, 0.15) is 11.6 Å². The zero-order valence-electron chi connectivity index (χ0n) is 15.4. The monoisotopic (exact) mass is 389 g/mol. The zero-order chi connectivity index (χ0) is 19.4. The maximum Gasteiger partial charge on any atom is 0.263 e. The number of nitrogens with one attached hydrogen (secondary N) is 1. The molecule has 0 bridgehead atoms. The lowest BCUT2D eigenvalue weighted by Crippen LogP contribution is -2.32. The Bertz CT molecular complexity index is 896. The van der Waals surface area contributed by atoms with Crippen LogP contribution in [0.15, 0.2) is 42.6 Å². The molecule has 1 saturated heterocycles. The predicted molar refractivity (Wildman–Crippen MR) is 105 cm³/mol. The summed E-state index contributed by atoms with van der Waals surface area (Å²) in [6.07, 6.45) is 2.25. The minimum Gasteiger partial charge on any atom is -0.484 e. The number of rotatable bonds is 6. The standard InChI is InChI=1S/C19H23N3O4S/c1-14-3-6-17(7-4-14)26-12-19(23)21-18-8-5-15(11-20-18)22(2)16-9-10-27(24,25)13-16/h3-8,11,16H,9-10,12-13H2,1-2H3,(H,20,21,23). The number of ether oxygens (including phenoxy) is 1. The number of amides is 1. The molecule has 1 N–H and O–H groups in total. The van der Waals surface area contributed by atoms with Crippen molar-refractivity contribution in [1.29, 1.82) is 0 Å². The molecule has 2 aromatic rings. The Morgan fingerprint density at radius 2 is 2.00 bits per heavy atom. The maximum absolute atomic E-state index is 12.0. The quantitative estimate of drug-likeness (QED) is 0.813. The molecule has 1 atom stereocenters. The van der Waals surface area contributed by atoms with Crippen molar-refractivity contribution in [2.24, 2.45) is 0 Å². The Balaban J connectivity index is 1.52. The normalized spacial score (nSPS) is 18.1. The van der Waals surface area contributed by atoms with E-state index >= 15 is 0 Å². The van der Waals surface area contributed by atoms with Crippen molar-refractivity contribution in [3.63, 3.8) is 0 Å². The largest absolute Gasteiger partial charge is 0.484 e. The summed E-state index contributed by atoms with van der Waals surface area (Å²) in [7, 11) is -1.08. The highest BCUT2D eigenvalue weighted by Crippen LogP contribution is 2.23. The minimum atomic E-state index is -2.94. The van der Waals surface area contributed by atoms with Crippen molar-refractivity contribution in [2.75, 3.05) is 35.4 Å². The van der Waals surface area contributed by atoms with Gasteiger partial charge < -0.3 is 15.0 Å².